The fourth-order valence-corrected chi connectivity index (χ4v) is 2.07. The predicted octanol–water partition coefficient (Wildman–Crippen LogP) is 2.31. The first-order valence-corrected chi connectivity index (χ1v) is 5.34. The van der Waals surface area contributed by atoms with Crippen molar-refractivity contribution in [3.63, 3.8) is 0 Å². The van der Waals surface area contributed by atoms with Crippen LogP contribution in [0.2, 0.25) is 0 Å². The number of benzene rings is 1. The molecule has 0 radical (unpaired) electrons. The van der Waals surface area contributed by atoms with E-state index in [4.69, 9.17) is 5.73 Å². The van der Waals surface area contributed by atoms with Crippen molar-refractivity contribution in [2.75, 3.05) is 6.26 Å². The summed E-state index contributed by atoms with van der Waals surface area (Å²) in [4.78, 5) is 0.870. The lowest BCUT2D eigenvalue weighted by atomic mass is 9.95. The second kappa shape index (κ2) is 3.60. The number of rotatable bonds is 2. The minimum atomic E-state index is -0.406. The molecule has 3 N–H and O–H groups in total. The van der Waals surface area contributed by atoms with Crippen LogP contribution in [0.4, 0.5) is 0 Å². The Morgan fingerprint density at radius 3 is 2.38 bits per heavy atom. The van der Waals surface area contributed by atoms with Gasteiger partial charge < -0.3 is 10.8 Å². The van der Waals surface area contributed by atoms with E-state index in [9.17, 15) is 5.11 Å². The Bertz CT molecular complexity index is 304. The summed E-state index contributed by atoms with van der Waals surface area (Å²) in [6.45, 7) is 3.86. The van der Waals surface area contributed by atoms with Gasteiger partial charge in [-0.3, -0.25) is 0 Å². The highest BCUT2D eigenvalue weighted by Gasteiger charge is 2.19. The van der Waals surface area contributed by atoms with Crippen LogP contribution in [0.3, 0.4) is 0 Å². The Kier molecular flexibility index (Phi) is 2.88. The standard InChI is InChI=1S/C10H15NOS/c1-10(2,11)7-5-4-6-8(12)9(7)13-3/h4-6,12H,11H2,1-3H3. The van der Waals surface area contributed by atoms with Crippen molar-refractivity contribution in [2.24, 2.45) is 5.73 Å². The molecule has 13 heavy (non-hydrogen) atoms. The molecule has 0 atom stereocenters. The second-order valence-corrected chi connectivity index (χ2v) is 4.40. The summed E-state index contributed by atoms with van der Waals surface area (Å²) in [6.07, 6.45) is 1.93. The molecule has 0 aromatic heterocycles. The van der Waals surface area contributed by atoms with Gasteiger partial charge in [-0.05, 0) is 31.7 Å². The third-order valence-corrected chi connectivity index (χ3v) is 2.73. The fourth-order valence-electron chi connectivity index (χ4n) is 1.25. The van der Waals surface area contributed by atoms with Crippen molar-refractivity contribution in [3.8, 4) is 5.75 Å². The van der Waals surface area contributed by atoms with Gasteiger partial charge in [0.1, 0.15) is 5.75 Å². The first kappa shape index (κ1) is 10.4. The number of aromatic hydroxyl groups is 1. The van der Waals surface area contributed by atoms with Crippen molar-refractivity contribution in [1.29, 1.82) is 0 Å². The predicted molar refractivity (Wildman–Crippen MR) is 57.1 cm³/mol. The molecule has 0 aliphatic rings. The molecular weight excluding hydrogens is 182 g/mol. The van der Waals surface area contributed by atoms with Gasteiger partial charge in [0.05, 0.1) is 4.90 Å². The molecule has 1 rings (SSSR count). The summed E-state index contributed by atoms with van der Waals surface area (Å²) >= 11 is 1.52. The number of hydrogen-bond acceptors (Lipinski definition) is 3. The number of hydrogen-bond donors (Lipinski definition) is 2. The van der Waals surface area contributed by atoms with Crippen LogP contribution in [0.15, 0.2) is 23.1 Å². The minimum absolute atomic E-state index is 0.309. The topological polar surface area (TPSA) is 46.2 Å². The van der Waals surface area contributed by atoms with Gasteiger partial charge >= 0.3 is 0 Å². The summed E-state index contributed by atoms with van der Waals surface area (Å²) in [6, 6.07) is 5.45. The van der Waals surface area contributed by atoms with Gasteiger partial charge in [-0.1, -0.05) is 12.1 Å². The van der Waals surface area contributed by atoms with Crippen molar-refractivity contribution in [1.82, 2.24) is 0 Å². The highest BCUT2D eigenvalue weighted by molar-refractivity contribution is 7.98. The van der Waals surface area contributed by atoms with Crippen LogP contribution in [0.1, 0.15) is 19.4 Å². The van der Waals surface area contributed by atoms with Gasteiger partial charge in [0.2, 0.25) is 0 Å². The molecule has 0 spiro atoms. The molecular formula is C10H15NOS. The zero-order chi connectivity index (χ0) is 10.1. The molecule has 0 aliphatic heterocycles. The lowest BCUT2D eigenvalue weighted by Gasteiger charge is -2.22. The molecule has 1 aromatic carbocycles. The molecule has 1 aromatic rings. The van der Waals surface area contributed by atoms with E-state index in [1.165, 1.54) is 11.8 Å². The molecule has 72 valence electrons. The molecule has 0 bridgehead atoms. The normalized spacial score (nSPS) is 11.7. The molecule has 0 heterocycles. The first-order chi connectivity index (χ1) is 5.96. The summed E-state index contributed by atoms with van der Waals surface area (Å²) in [5.74, 6) is 0.309. The SMILES string of the molecule is CSc1c(O)cccc1C(C)(C)N. The van der Waals surface area contributed by atoms with E-state index < -0.39 is 5.54 Å². The van der Waals surface area contributed by atoms with E-state index in [1.54, 1.807) is 6.07 Å². The zero-order valence-electron chi connectivity index (χ0n) is 8.16. The Hall–Kier alpha value is -0.670. The van der Waals surface area contributed by atoms with Gasteiger partial charge in [-0.25, -0.2) is 0 Å². The number of phenolic OH excluding ortho intramolecular Hbond substituents is 1. The maximum atomic E-state index is 9.58. The van der Waals surface area contributed by atoms with Gasteiger partial charge in [-0.2, -0.15) is 0 Å². The monoisotopic (exact) mass is 197 g/mol. The van der Waals surface area contributed by atoms with E-state index >= 15 is 0 Å². The maximum Gasteiger partial charge on any atom is 0.129 e. The van der Waals surface area contributed by atoms with Crippen LogP contribution >= 0.6 is 11.8 Å². The minimum Gasteiger partial charge on any atom is -0.507 e. The first-order valence-electron chi connectivity index (χ1n) is 4.12. The average Bonchev–Trinajstić information content (AvgIpc) is 2.02. The Balaban J connectivity index is 3.29. The van der Waals surface area contributed by atoms with E-state index in [0.29, 0.717) is 5.75 Å². The number of thioether (sulfide) groups is 1. The van der Waals surface area contributed by atoms with Crippen molar-refractivity contribution < 1.29 is 5.11 Å². The number of nitrogens with two attached hydrogens (primary N) is 1. The quantitative estimate of drug-likeness (QED) is 0.715. The third kappa shape index (κ3) is 2.17. The Morgan fingerprint density at radius 2 is 2.00 bits per heavy atom. The Morgan fingerprint density at radius 1 is 1.38 bits per heavy atom. The lowest BCUT2D eigenvalue weighted by molar-refractivity contribution is 0.451. The average molecular weight is 197 g/mol. The van der Waals surface area contributed by atoms with Crippen LogP contribution in [0.25, 0.3) is 0 Å². The molecule has 0 saturated carbocycles. The van der Waals surface area contributed by atoms with E-state index in [2.05, 4.69) is 0 Å². The highest BCUT2D eigenvalue weighted by atomic mass is 32.2. The van der Waals surface area contributed by atoms with Gasteiger partial charge in [0.15, 0.2) is 0 Å². The van der Waals surface area contributed by atoms with Crippen molar-refractivity contribution in [2.45, 2.75) is 24.3 Å². The van der Waals surface area contributed by atoms with Crippen LogP contribution < -0.4 is 5.73 Å². The third-order valence-electron chi connectivity index (χ3n) is 1.89. The molecule has 3 heteroatoms. The van der Waals surface area contributed by atoms with Crippen LogP contribution in [0, 0.1) is 0 Å². The highest BCUT2D eigenvalue weighted by Crippen LogP contribution is 2.34. The van der Waals surface area contributed by atoms with Crippen molar-refractivity contribution in [3.05, 3.63) is 23.8 Å². The van der Waals surface area contributed by atoms with E-state index in [-0.39, 0.29) is 0 Å². The van der Waals surface area contributed by atoms with E-state index in [1.807, 2.05) is 32.2 Å². The molecule has 0 amide bonds. The zero-order valence-corrected chi connectivity index (χ0v) is 8.98. The lowest BCUT2D eigenvalue weighted by Crippen LogP contribution is -2.29. The van der Waals surface area contributed by atoms with Crippen LogP contribution in [0.5, 0.6) is 5.75 Å². The van der Waals surface area contributed by atoms with Crippen LogP contribution in [-0.4, -0.2) is 11.4 Å². The summed E-state index contributed by atoms with van der Waals surface area (Å²) in [5.41, 5.74) is 6.56. The summed E-state index contributed by atoms with van der Waals surface area (Å²) in [5, 5.41) is 9.58. The summed E-state index contributed by atoms with van der Waals surface area (Å²) < 4.78 is 0. The molecule has 0 unspecified atom stereocenters. The summed E-state index contributed by atoms with van der Waals surface area (Å²) in [7, 11) is 0. The molecule has 0 aliphatic carbocycles. The van der Waals surface area contributed by atoms with Crippen LogP contribution in [-0.2, 0) is 5.54 Å². The largest absolute Gasteiger partial charge is 0.507 e. The molecule has 2 nitrogen and oxygen atoms in total. The van der Waals surface area contributed by atoms with Crippen molar-refractivity contribution >= 4 is 11.8 Å². The molecule has 0 fully saturated rings. The number of phenols is 1. The van der Waals surface area contributed by atoms with Gasteiger partial charge in [-0.15, -0.1) is 11.8 Å². The maximum absolute atomic E-state index is 9.58. The van der Waals surface area contributed by atoms with E-state index in [0.717, 1.165) is 10.5 Å². The smallest absolute Gasteiger partial charge is 0.129 e. The Labute approximate surface area is 83.1 Å². The second-order valence-electron chi connectivity index (χ2n) is 3.58. The molecule has 0 saturated heterocycles. The van der Waals surface area contributed by atoms with Gasteiger partial charge in [0, 0.05) is 5.54 Å². The fraction of sp³-hybridized carbons (Fsp3) is 0.400. The van der Waals surface area contributed by atoms with Gasteiger partial charge in [0.25, 0.3) is 0 Å².